The molecule has 21 heavy (non-hydrogen) atoms. The molecule has 2 heterocycles. The van der Waals surface area contributed by atoms with Crippen molar-refractivity contribution >= 4 is 26.6 Å². The highest BCUT2D eigenvalue weighted by molar-refractivity contribution is 7.89. The number of nitrogens with zero attached hydrogens (tertiary/aromatic N) is 2. The predicted octanol–water partition coefficient (Wildman–Crippen LogP) is 0.654. The molecule has 8 nitrogen and oxygen atoms in total. The molecule has 0 saturated carbocycles. The van der Waals surface area contributed by atoms with Crippen LogP contribution in [-0.2, 0) is 16.4 Å². The number of rotatable bonds is 5. The minimum atomic E-state index is -3.64. The van der Waals surface area contributed by atoms with Gasteiger partial charge < -0.3 is 15.2 Å². The van der Waals surface area contributed by atoms with Crippen molar-refractivity contribution in [2.45, 2.75) is 11.3 Å². The molecular formula is C12H13N5O3S. The molecule has 0 saturated heterocycles. The van der Waals surface area contributed by atoms with Crippen LogP contribution in [0.25, 0.3) is 10.9 Å². The van der Waals surface area contributed by atoms with Crippen LogP contribution in [0.15, 0.2) is 40.2 Å². The molecule has 0 unspecified atom stereocenters. The second kappa shape index (κ2) is 5.19. The third-order valence-corrected chi connectivity index (χ3v) is 4.51. The monoisotopic (exact) mass is 307 g/mol. The molecule has 0 spiro atoms. The lowest BCUT2D eigenvalue weighted by Crippen LogP contribution is -2.26. The number of nitrogen functional groups attached to an aromatic ring is 1. The number of anilines is 1. The van der Waals surface area contributed by atoms with E-state index in [0.29, 0.717) is 28.8 Å². The van der Waals surface area contributed by atoms with Crippen LogP contribution in [0, 0.1) is 0 Å². The summed E-state index contributed by atoms with van der Waals surface area (Å²) in [5, 5.41) is 4.17. The summed E-state index contributed by atoms with van der Waals surface area (Å²) in [7, 11) is -3.64. The van der Waals surface area contributed by atoms with Crippen LogP contribution in [0.3, 0.4) is 0 Å². The summed E-state index contributed by atoms with van der Waals surface area (Å²) in [4.78, 5) is 6.90. The van der Waals surface area contributed by atoms with E-state index in [1.807, 2.05) is 0 Å². The molecule has 4 N–H and O–H groups in total. The van der Waals surface area contributed by atoms with E-state index in [2.05, 4.69) is 24.4 Å². The van der Waals surface area contributed by atoms with E-state index in [1.54, 1.807) is 18.2 Å². The molecule has 0 bridgehead atoms. The topological polar surface area (TPSA) is 127 Å². The number of aromatic amines is 1. The second-order valence-electron chi connectivity index (χ2n) is 4.45. The van der Waals surface area contributed by atoms with Crippen molar-refractivity contribution < 1.29 is 12.9 Å². The van der Waals surface area contributed by atoms with Crippen LogP contribution >= 0.6 is 0 Å². The molecule has 0 radical (unpaired) electrons. The van der Waals surface area contributed by atoms with Gasteiger partial charge >= 0.3 is 0 Å². The third-order valence-electron chi connectivity index (χ3n) is 3.00. The molecule has 3 aromatic rings. The first-order valence-corrected chi connectivity index (χ1v) is 7.66. The van der Waals surface area contributed by atoms with Gasteiger partial charge in [-0.15, -0.1) is 0 Å². The van der Waals surface area contributed by atoms with E-state index in [1.165, 1.54) is 12.6 Å². The highest BCUT2D eigenvalue weighted by atomic mass is 32.2. The number of benzene rings is 1. The number of fused-ring (bicyclic) bond motifs is 1. The van der Waals surface area contributed by atoms with Crippen molar-refractivity contribution in [2.24, 2.45) is 0 Å². The van der Waals surface area contributed by atoms with Crippen LogP contribution in [0.1, 0.15) is 5.82 Å². The van der Waals surface area contributed by atoms with E-state index in [9.17, 15) is 8.42 Å². The largest absolute Gasteiger partial charge is 0.399 e. The lowest BCUT2D eigenvalue weighted by Gasteiger charge is -2.04. The quantitative estimate of drug-likeness (QED) is 0.594. The molecule has 1 aromatic carbocycles. The minimum absolute atomic E-state index is 0.165. The fourth-order valence-corrected chi connectivity index (χ4v) is 3.21. The molecule has 0 aliphatic rings. The maximum Gasteiger partial charge on any atom is 0.242 e. The van der Waals surface area contributed by atoms with Gasteiger partial charge in [-0.1, -0.05) is 5.16 Å². The van der Waals surface area contributed by atoms with Gasteiger partial charge in [-0.3, -0.25) is 0 Å². The Kier molecular flexibility index (Phi) is 3.35. The van der Waals surface area contributed by atoms with Gasteiger partial charge in [-0.25, -0.2) is 13.1 Å². The first-order valence-electron chi connectivity index (χ1n) is 6.18. The van der Waals surface area contributed by atoms with Crippen LogP contribution in [0.5, 0.6) is 0 Å². The average Bonchev–Trinajstić information content (AvgIpc) is 3.07. The van der Waals surface area contributed by atoms with Crippen LogP contribution in [0.2, 0.25) is 0 Å². The summed E-state index contributed by atoms with van der Waals surface area (Å²) in [5.74, 6) is 0.445. The SMILES string of the molecule is Nc1ccc2[nH]cc(S(=O)(=O)NCCc3ncon3)c2c1. The number of aromatic nitrogens is 3. The third kappa shape index (κ3) is 2.73. The Balaban J connectivity index is 1.81. The average molecular weight is 307 g/mol. The molecule has 0 fully saturated rings. The molecular weight excluding hydrogens is 294 g/mol. The maximum absolute atomic E-state index is 12.3. The number of hydrogen-bond donors (Lipinski definition) is 3. The Labute approximate surface area is 120 Å². The maximum atomic E-state index is 12.3. The standard InChI is InChI=1S/C12H13N5O3S/c13-8-1-2-10-9(5-8)11(6-14-10)21(18,19)16-4-3-12-15-7-20-17-12/h1-2,5-7,14,16H,3-4,13H2. The minimum Gasteiger partial charge on any atom is -0.399 e. The van der Waals surface area contributed by atoms with Crippen LogP contribution in [-0.4, -0.2) is 30.1 Å². The Morgan fingerprint density at radius 3 is 3.00 bits per heavy atom. The van der Waals surface area contributed by atoms with Gasteiger partial charge in [0.25, 0.3) is 0 Å². The van der Waals surface area contributed by atoms with Crippen molar-refractivity contribution in [1.29, 1.82) is 0 Å². The van der Waals surface area contributed by atoms with Gasteiger partial charge in [0.2, 0.25) is 16.4 Å². The Bertz CT molecular complexity index is 854. The fraction of sp³-hybridized carbons (Fsp3) is 0.167. The summed E-state index contributed by atoms with van der Waals surface area (Å²) in [6.45, 7) is 0.177. The summed E-state index contributed by atoms with van der Waals surface area (Å²) < 4.78 is 31.7. The van der Waals surface area contributed by atoms with Crippen LogP contribution in [0.4, 0.5) is 5.69 Å². The number of hydrogen-bond acceptors (Lipinski definition) is 6. The van der Waals surface area contributed by atoms with Gasteiger partial charge in [0.1, 0.15) is 4.90 Å². The van der Waals surface area contributed by atoms with E-state index >= 15 is 0 Å². The predicted molar refractivity (Wildman–Crippen MR) is 75.9 cm³/mol. The molecule has 9 heteroatoms. The van der Waals surface area contributed by atoms with Crippen molar-refractivity contribution in [1.82, 2.24) is 19.8 Å². The summed E-state index contributed by atoms with van der Waals surface area (Å²) in [6, 6.07) is 5.07. The van der Waals surface area contributed by atoms with Crippen LogP contribution < -0.4 is 10.5 Å². The van der Waals surface area contributed by atoms with Crippen molar-refractivity contribution in [3.63, 3.8) is 0 Å². The fourth-order valence-electron chi connectivity index (χ4n) is 2.01. The second-order valence-corrected chi connectivity index (χ2v) is 6.19. The number of H-pyrrole nitrogens is 1. The van der Waals surface area contributed by atoms with E-state index in [4.69, 9.17) is 5.73 Å². The molecule has 0 aliphatic carbocycles. The zero-order valence-corrected chi connectivity index (χ0v) is 11.7. The van der Waals surface area contributed by atoms with Gasteiger partial charge in [-0.05, 0) is 18.2 Å². The number of sulfonamides is 1. The molecule has 2 aromatic heterocycles. The molecule has 0 amide bonds. The van der Waals surface area contributed by atoms with Gasteiger partial charge in [0.05, 0.1) is 0 Å². The van der Waals surface area contributed by atoms with Crippen molar-refractivity contribution in [3.8, 4) is 0 Å². The molecule has 0 aliphatic heterocycles. The smallest absolute Gasteiger partial charge is 0.242 e. The van der Waals surface area contributed by atoms with Crippen molar-refractivity contribution in [2.75, 3.05) is 12.3 Å². The molecule has 0 atom stereocenters. The number of nitrogens with one attached hydrogen (secondary N) is 2. The van der Waals surface area contributed by atoms with E-state index in [-0.39, 0.29) is 11.4 Å². The summed E-state index contributed by atoms with van der Waals surface area (Å²) in [5.41, 5.74) is 6.92. The van der Waals surface area contributed by atoms with E-state index in [0.717, 1.165) is 0 Å². The Morgan fingerprint density at radius 2 is 2.24 bits per heavy atom. The molecule has 3 rings (SSSR count). The van der Waals surface area contributed by atoms with Gasteiger partial charge in [0.15, 0.2) is 5.82 Å². The van der Waals surface area contributed by atoms with Gasteiger partial charge in [0, 0.05) is 35.8 Å². The normalized spacial score (nSPS) is 12.0. The lowest BCUT2D eigenvalue weighted by molar-refractivity contribution is 0.410. The zero-order valence-electron chi connectivity index (χ0n) is 10.9. The molecule has 110 valence electrons. The Morgan fingerprint density at radius 1 is 1.38 bits per heavy atom. The highest BCUT2D eigenvalue weighted by Crippen LogP contribution is 2.24. The van der Waals surface area contributed by atoms with Gasteiger partial charge in [-0.2, -0.15) is 4.98 Å². The zero-order chi connectivity index (χ0) is 14.9. The first-order chi connectivity index (χ1) is 10.1. The highest BCUT2D eigenvalue weighted by Gasteiger charge is 2.18. The number of nitrogens with two attached hydrogens (primary N) is 1. The lowest BCUT2D eigenvalue weighted by atomic mass is 10.2. The van der Waals surface area contributed by atoms with Crippen molar-refractivity contribution in [3.05, 3.63) is 36.6 Å². The Hall–Kier alpha value is -2.39. The summed E-state index contributed by atoms with van der Waals surface area (Å²) in [6.07, 6.45) is 2.99. The van der Waals surface area contributed by atoms with E-state index < -0.39 is 10.0 Å². The summed E-state index contributed by atoms with van der Waals surface area (Å²) >= 11 is 0. The first kappa shape index (κ1) is 13.6.